The van der Waals surface area contributed by atoms with Crippen LogP contribution in [0.4, 0.5) is 0 Å². The van der Waals surface area contributed by atoms with Gasteiger partial charge in [0.1, 0.15) is 0 Å². The molecule has 0 fully saturated rings. The zero-order chi connectivity index (χ0) is 19.8. The molecule has 0 N–H and O–H groups in total. The van der Waals surface area contributed by atoms with Gasteiger partial charge in [-0.1, -0.05) is 112 Å². The molecule has 0 heteroatoms. The van der Waals surface area contributed by atoms with Gasteiger partial charge >= 0.3 is 0 Å². The van der Waals surface area contributed by atoms with E-state index in [9.17, 15) is 0 Å². The number of fused-ring (bicyclic) bond motifs is 10. The molecule has 0 amide bonds. The van der Waals surface area contributed by atoms with Gasteiger partial charge < -0.3 is 0 Å². The van der Waals surface area contributed by atoms with E-state index in [2.05, 4.69) is 112 Å². The first-order valence-corrected chi connectivity index (χ1v) is 10.5. The zero-order valence-electron chi connectivity index (χ0n) is 17.2. The summed E-state index contributed by atoms with van der Waals surface area (Å²) in [6.07, 6.45) is 0. The summed E-state index contributed by atoms with van der Waals surface area (Å²) in [6, 6.07) is 34.0. The van der Waals surface area contributed by atoms with Crippen LogP contribution in [0, 0.1) is 0 Å². The van der Waals surface area contributed by atoms with Gasteiger partial charge in [0.05, 0.1) is 5.41 Å². The van der Waals surface area contributed by atoms with E-state index in [4.69, 9.17) is 0 Å². The predicted molar refractivity (Wildman–Crippen MR) is 121 cm³/mol. The highest BCUT2D eigenvalue weighted by molar-refractivity contribution is 5.95. The van der Waals surface area contributed by atoms with Gasteiger partial charge in [-0.15, -0.1) is 0 Å². The highest BCUT2D eigenvalue weighted by atomic mass is 14.5. The second kappa shape index (κ2) is 5.48. The molecule has 2 aliphatic carbocycles. The molecule has 0 radical (unpaired) electrons. The zero-order valence-corrected chi connectivity index (χ0v) is 17.2. The summed E-state index contributed by atoms with van der Waals surface area (Å²) in [7, 11) is 0. The first kappa shape index (κ1) is 16.8. The van der Waals surface area contributed by atoms with E-state index in [1.54, 1.807) is 0 Å². The topological polar surface area (TPSA) is 0 Å². The molecule has 0 bridgehead atoms. The minimum absolute atomic E-state index is 0.0849. The van der Waals surface area contributed by atoms with Crippen molar-refractivity contribution in [3.63, 3.8) is 0 Å². The maximum atomic E-state index is 2.36. The Morgan fingerprint density at radius 2 is 0.931 bits per heavy atom. The third-order valence-corrected chi connectivity index (χ3v) is 6.83. The second-order valence-electron chi connectivity index (χ2n) is 9.36. The lowest BCUT2D eigenvalue weighted by atomic mass is 9.70. The summed E-state index contributed by atoms with van der Waals surface area (Å²) >= 11 is 0. The highest BCUT2D eigenvalue weighted by Crippen LogP contribution is 2.63. The molecular formula is C29H24. The second-order valence-corrected chi connectivity index (χ2v) is 9.36. The Balaban J connectivity index is 1.86. The van der Waals surface area contributed by atoms with E-state index < -0.39 is 0 Å². The Labute approximate surface area is 172 Å². The SMILES string of the molecule is CC(C)(C)c1cccc2c1-c1ccccc1C21c2ccccc2-c2ccccc21. The molecule has 0 unspecified atom stereocenters. The molecule has 4 aromatic rings. The molecule has 140 valence electrons. The fraction of sp³-hybridized carbons (Fsp3) is 0.172. The molecule has 1 spiro atoms. The summed E-state index contributed by atoms with van der Waals surface area (Å²) in [5, 5.41) is 0. The predicted octanol–water partition coefficient (Wildman–Crippen LogP) is 7.33. The van der Waals surface area contributed by atoms with Gasteiger partial charge in [-0.2, -0.15) is 0 Å². The van der Waals surface area contributed by atoms with Gasteiger partial charge in [-0.3, -0.25) is 0 Å². The molecule has 0 nitrogen and oxygen atoms in total. The molecule has 6 rings (SSSR count). The van der Waals surface area contributed by atoms with E-state index in [-0.39, 0.29) is 10.8 Å². The van der Waals surface area contributed by atoms with Crippen LogP contribution in [0.1, 0.15) is 48.6 Å². The van der Waals surface area contributed by atoms with E-state index >= 15 is 0 Å². The summed E-state index contributed by atoms with van der Waals surface area (Å²) < 4.78 is 0. The maximum absolute atomic E-state index is 2.36. The molecule has 29 heavy (non-hydrogen) atoms. The molecule has 0 heterocycles. The van der Waals surface area contributed by atoms with Gasteiger partial charge in [0.15, 0.2) is 0 Å². The van der Waals surface area contributed by atoms with Crippen LogP contribution < -0.4 is 0 Å². The van der Waals surface area contributed by atoms with Crippen LogP contribution >= 0.6 is 0 Å². The fourth-order valence-electron chi connectivity index (χ4n) is 5.77. The number of hydrogen-bond acceptors (Lipinski definition) is 0. The van der Waals surface area contributed by atoms with Crippen LogP contribution in [0.2, 0.25) is 0 Å². The van der Waals surface area contributed by atoms with E-state index in [0.29, 0.717) is 0 Å². The highest BCUT2D eigenvalue weighted by Gasteiger charge is 2.52. The quantitative estimate of drug-likeness (QED) is 0.262. The van der Waals surface area contributed by atoms with E-state index in [1.165, 1.54) is 50.1 Å². The van der Waals surface area contributed by atoms with Crippen molar-refractivity contribution in [2.75, 3.05) is 0 Å². The minimum atomic E-state index is -0.222. The molecule has 0 saturated carbocycles. The Morgan fingerprint density at radius 1 is 0.483 bits per heavy atom. The lowest BCUT2D eigenvalue weighted by Gasteiger charge is -2.31. The third kappa shape index (κ3) is 1.94. The summed E-state index contributed by atoms with van der Waals surface area (Å²) in [5.41, 5.74) is 12.5. The molecule has 0 aromatic heterocycles. The van der Waals surface area contributed by atoms with E-state index in [0.717, 1.165) is 0 Å². The normalized spacial score (nSPS) is 15.0. The van der Waals surface area contributed by atoms with Crippen molar-refractivity contribution in [1.82, 2.24) is 0 Å². The van der Waals surface area contributed by atoms with Crippen LogP contribution in [-0.2, 0) is 10.8 Å². The minimum Gasteiger partial charge on any atom is -0.0619 e. The smallest absolute Gasteiger partial charge is 0.0619 e. The standard InChI is InChI=1S/C29H24/c1-28(2,3)25-17-10-18-26-27(25)21-13-6-9-16-24(21)29(26)22-14-7-4-11-19(22)20-12-5-8-15-23(20)29/h4-18H,1-3H3. The van der Waals surface area contributed by atoms with Crippen LogP contribution in [-0.4, -0.2) is 0 Å². The molecule has 2 aliphatic rings. The van der Waals surface area contributed by atoms with Crippen LogP contribution in [0.25, 0.3) is 22.3 Å². The number of hydrogen-bond donors (Lipinski definition) is 0. The van der Waals surface area contributed by atoms with Gasteiger partial charge in [0.25, 0.3) is 0 Å². The van der Waals surface area contributed by atoms with Gasteiger partial charge in [-0.25, -0.2) is 0 Å². The Bertz CT molecular complexity index is 1240. The van der Waals surface area contributed by atoms with Gasteiger partial charge in [-0.05, 0) is 55.5 Å². The van der Waals surface area contributed by atoms with Crippen molar-refractivity contribution in [1.29, 1.82) is 0 Å². The molecule has 0 aliphatic heterocycles. The lowest BCUT2D eigenvalue weighted by molar-refractivity contribution is 0.591. The van der Waals surface area contributed by atoms with Crippen molar-refractivity contribution in [3.8, 4) is 22.3 Å². The molecular weight excluding hydrogens is 348 g/mol. The Hall–Kier alpha value is -3.12. The number of benzene rings is 4. The average molecular weight is 373 g/mol. The fourth-order valence-corrected chi connectivity index (χ4v) is 5.77. The average Bonchev–Trinajstić information content (AvgIpc) is 3.21. The van der Waals surface area contributed by atoms with Crippen molar-refractivity contribution >= 4 is 0 Å². The molecule has 0 saturated heterocycles. The summed E-state index contributed by atoms with van der Waals surface area (Å²) in [5.74, 6) is 0. The van der Waals surface area contributed by atoms with Crippen LogP contribution in [0.15, 0.2) is 91.0 Å². The van der Waals surface area contributed by atoms with Crippen molar-refractivity contribution in [2.45, 2.75) is 31.6 Å². The van der Waals surface area contributed by atoms with Crippen molar-refractivity contribution in [2.24, 2.45) is 0 Å². The monoisotopic (exact) mass is 372 g/mol. The maximum Gasteiger partial charge on any atom is 0.0725 e. The number of rotatable bonds is 0. The van der Waals surface area contributed by atoms with Crippen molar-refractivity contribution in [3.05, 3.63) is 119 Å². The third-order valence-electron chi connectivity index (χ3n) is 6.83. The molecule has 4 aromatic carbocycles. The van der Waals surface area contributed by atoms with Gasteiger partial charge in [0, 0.05) is 0 Å². The largest absolute Gasteiger partial charge is 0.0725 e. The Kier molecular flexibility index (Phi) is 3.17. The first-order chi connectivity index (χ1) is 14.0. The summed E-state index contributed by atoms with van der Waals surface area (Å²) in [4.78, 5) is 0. The van der Waals surface area contributed by atoms with Crippen LogP contribution in [0.3, 0.4) is 0 Å². The van der Waals surface area contributed by atoms with Gasteiger partial charge in [0.2, 0.25) is 0 Å². The first-order valence-electron chi connectivity index (χ1n) is 10.5. The van der Waals surface area contributed by atoms with Crippen molar-refractivity contribution < 1.29 is 0 Å². The Morgan fingerprint density at radius 3 is 1.48 bits per heavy atom. The molecule has 0 atom stereocenters. The van der Waals surface area contributed by atoms with E-state index in [1.807, 2.05) is 0 Å². The lowest BCUT2D eigenvalue weighted by Crippen LogP contribution is -2.26. The summed E-state index contributed by atoms with van der Waals surface area (Å²) in [6.45, 7) is 6.98. The van der Waals surface area contributed by atoms with Crippen LogP contribution in [0.5, 0.6) is 0 Å².